The van der Waals surface area contributed by atoms with Gasteiger partial charge in [0.2, 0.25) is 5.76 Å². The minimum absolute atomic E-state index is 0.0278. The van der Waals surface area contributed by atoms with Crippen LogP contribution in [0.4, 0.5) is 13.2 Å². The molecular weight excluding hydrogens is 349 g/mol. The van der Waals surface area contributed by atoms with Gasteiger partial charge in [-0.3, -0.25) is 5.43 Å². The molecule has 0 radical (unpaired) electrons. The van der Waals surface area contributed by atoms with Crippen LogP contribution in [-0.2, 0) is 6.18 Å². The zero-order chi connectivity index (χ0) is 18.5. The summed E-state index contributed by atoms with van der Waals surface area (Å²) >= 11 is 0. The first-order chi connectivity index (χ1) is 12.4. The lowest BCUT2D eigenvalue weighted by molar-refractivity contribution is -0.153. The van der Waals surface area contributed by atoms with Gasteiger partial charge >= 0.3 is 6.18 Å². The van der Waals surface area contributed by atoms with Gasteiger partial charge in [0.25, 0.3) is 0 Å². The number of hydrogen-bond acceptors (Lipinski definition) is 6. The topological polar surface area (TPSA) is 86.8 Å². The van der Waals surface area contributed by atoms with Crippen molar-refractivity contribution >= 4 is 17.7 Å². The van der Waals surface area contributed by atoms with Crippen LogP contribution in [0.1, 0.15) is 28.8 Å². The molecule has 132 valence electrons. The van der Waals surface area contributed by atoms with Crippen molar-refractivity contribution in [1.29, 1.82) is 5.26 Å². The third-order valence-corrected chi connectivity index (χ3v) is 4.31. The lowest BCUT2D eigenvalue weighted by Gasteiger charge is -2.25. The fourth-order valence-electron chi connectivity index (χ4n) is 3.15. The molecule has 0 spiro atoms. The first-order valence-electron chi connectivity index (χ1n) is 7.63. The van der Waals surface area contributed by atoms with Gasteiger partial charge < -0.3 is 8.83 Å². The minimum atomic E-state index is -4.63. The van der Waals surface area contributed by atoms with Crippen molar-refractivity contribution in [3.8, 4) is 6.07 Å². The number of furan rings is 2. The number of aryl methyl sites for hydroxylation is 1. The third kappa shape index (κ3) is 2.42. The molecule has 2 aromatic rings. The Morgan fingerprint density at radius 1 is 1.35 bits per heavy atom. The van der Waals surface area contributed by atoms with Gasteiger partial charge in [-0.05, 0) is 25.1 Å². The Bertz CT molecular complexity index is 990. The van der Waals surface area contributed by atoms with Crippen molar-refractivity contribution in [2.75, 3.05) is 0 Å². The van der Waals surface area contributed by atoms with Crippen LogP contribution in [0, 0.1) is 24.2 Å². The number of hydrazone groups is 1. The lowest BCUT2D eigenvalue weighted by atomic mass is 9.80. The van der Waals surface area contributed by atoms with Gasteiger partial charge in [0.15, 0.2) is 0 Å². The van der Waals surface area contributed by atoms with Crippen LogP contribution >= 0.6 is 0 Å². The Morgan fingerprint density at radius 2 is 2.15 bits per heavy atom. The number of aliphatic imine (C=N–C) groups is 1. The van der Waals surface area contributed by atoms with E-state index in [0.717, 1.165) is 6.07 Å². The zero-order valence-corrected chi connectivity index (χ0v) is 13.3. The standard InChI is InChI=1S/C17H11F3N4O2/c1-8-9(5-13(26-8)17(18,19)20)15-10(6-21)14(12-3-2-4-25-12)11-7-22-24-16(11)23-15/h2-5,7,11,14H,1H3,(H,23,24). The highest BCUT2D eigenvalue weighted by Crippen LogP contribution is 2.44. The summed E-state index contributed by atoms with van der Waals surface area (Å²) in [6.07, 6.45) is -1.56. The zero-order valence-electron chi connectivity index (χ0n) is 13.3. The number of nitriles is 1. The van der Waals surface area contributed by atoms with Crippen LogP contribution < -0.4 is 5.43 Å². The monoisotopic (exact) mass is 360 g/mol. The highest BCUT2D eigenvalue weighted by atomic mass is 19.4. The minimum Gasteiger partial charge on any atom is -0.469 e. The number of allylic oxidation sites excluding steroid dienone is 1. The number of rotatable bonds is 2. The molecule has 0 saturated carbocycles. The van der Waals surface area contributed by atoms with Gasteiger partial charge in [-0.25, -0.2) is 4.99 Å². The SMILES string of the molecule is Cc1oc(C(F)(F)F)cc1C1=C(C#N)C(c2ccco2)C2C=NNC2=N1. The Labute approximate surface area is 145 Å². The van der Waals surface area contributed by atoms with Gasteiger partial charge in [0.1, 0.15) is 17.4 Å². The Balaban J connectivity index is 1.92. The number of nitrogens with one attached hydrogen (secondary N) is 1. The summed E-state index contributed by atoms with van der Waals surface area (Å²) in [6.45, 7) is 1.40. The third-order valence-electron chi connectivity index (χ3n) is 4.31. The summed E-state index contributed by atoms with van der Waals surface area (Å²) in [5, 5.41) is 13.7. The molecule has 2 aliphatic rings. The highest BCUT2D eigenvalue weighted by molar-refractivity contribution is 6.06. The van der Waals surface area contributed by atoms with E-state index in [0.29, 0.717) is 11.6 Å². The van der Waals surface area contributed by atoms with E-state index in [2.05, 4.69) is 21.6 Å². The second kappa shape index (κ2) is 5.62. The van der Waals surface area contributed by atoms with Gasteiger partial charge in [0.05, 0.1) is 35.4 Å². The predicted octanol–water partition coefficient (Wildman–Crippen LogP) is 3.84. The van der Waals surface area contributed by atoms with Crippen molar-refractivity contribution in [2.45, 2.75) is 19.0 Å². The van der Waals surface area contributed by atoms with Crippen LogP contribution in [0.2, 0.25) is 0 Å². The molecule has 0 saturated heterocycles. The Kier molecular flexibility index (Phi) is 3.50. The Hall–Kier alpha value is -3.28. The van der Waals surface area contributed by atoms with Crippen molar-refractivity contribution < 1.29 is 22.0 Å². The van der Waals surface area contributed by atoms with E-state index in [4.69, 9.17) is 8.83 Å². The maximum Gasteiger partial charge on any atom is 0.449 e. The molecule has 9 heteroatoms. The molecular formula is C17H11F3N4O2. The van der Waals surface area contributed by atoms with Crippen molar-refractivity contribution in [3.63, 3.8) is 0 Å². The van der Waals surface area contributed by atoms with Crippen LogP contribution in [0.15, 0.2) is 49.0 Å². The second-order valence-electron chi connectivity index (χ2n) is 5.86. The van der Waals surface area contributed by atoms with E-state index in [1.54, 1.807) is 18.3 Å². The average molecular weight is 360 g/mol. The second-order valence-corrected chi connectivity index (χ2v) is 5.86. The molecule has 0 aliphatic carbocycles. The van der Waals surface area contributed by atoms with E-state index in [1.165, 1.54) is 13.2 Å². The maximum absolute atomic E-state index is 13.0. The molecule has 26 heavy (non-hydrogen) atoms. The van der Waals surface area contributed by atoms with Gasteiger partial charge in [-0.1, -0.05) is 0 Å². The molecule has 2 unspecified atom stereocenters. The smallest absolute Gasteiger partial charge is 0.449 e. The summed E-state index contributed by atoms with van der Waals surface area (Å²) in [7, 11) is 0. The number of nitrogens with zero attached hydrogens (tertiary/aromatic N) is 3. The van der Waals surface area contributed by atoms with Crippen LogP contribution in [0.25, 0.3) is 5.70 Å². The molecule has 2 aliphatic heterocycles. The van der Waals surface area contributed by atoms with E-state index in [9.17, 15) is 18.4 Å². The summed E-state index contributed by atoms with van der Waals surface area (Å²) < 4.78 is 49.3. The van der Waals surface area contributed by atoms with E-state index < -0.39 is 17.9 Å². The lowest BCUT2D eigenvalue weighted by Crippen LogP contribution is -2.30. The van der Waals surface area contributed by atoms with E-state index in [1.807, 2.05) is 0 Å². The molecule has 0 aromatic carbocycles. The summed E-state index contributed by atoms with van der Waals surface area (Å²) in [6, 6.07) is 6.33. The number of fused-ring (bicyclic) bond motifs is 1. The summed E-state index contributed by atoms with van der Waals surface area (Å²) in [5.41, 5.74) is 3.16. The maximum atomic E-state index is 13.0. The fraction of sp³-hybridized carbons (Fsp3) is 0.235. The molecule has 4 heterocycles. The molecule has 2 atom stereocenters. The molecule has 4 rings (SSSR count). The van der Waals surface area contributed by atoms with Crippen LogP contribution in [0.3, 0.4) is 0 Å². The summed E-state index contributed by atoms with van der Waals surface area (Å²) in [5.74, 6) is -1.06. The molecule has 6 nitrogen and oxygen atoms in total. The number of halogens is 3. The number of alkyl halides is 3. The van der Waals surface area contributed by atoms with Crippen LogP contribution in [0.5, 0.6) is 0 Å². The summed E-state index contributed by atoms with van der Waals surface area (Å²) in [4.78, 5) is 4.35. The van der Waals surface area contributed by atoms with Gasteiger partial charge in [0, 0.05) is 11.8 Å². The molecule has 2 aromatic heterocycles. The van der Waals surface area contributed by atoms with Crippen LogP contribution in [-0.4, -0.2) is 12.1 Å². The largest absolute Gasteiger partial charge is 0.469 e. The van der Waals surface area contributed by atoms with Crippen molar-refractivity contribution in [1.82, 2.24) is 5.43 Å². The van der Waals surface area contributed by atoms with Crippen molar-refractivity contribution in [2.24, 2.45) is 16.0 Å². The van der Waals surface area contributed by atoms with E-state index >= 15 is 0 Å². The quantitative estimate of drug-likeness (QED) is 0.882. The van der Waals surface area contributed by atoms with Gasteiger partial charge in [-0.2, -0.15) is 23.5 Å². The van der Waals surface area contributed by atoms with E-state index in [-0.39, 0.29) is 28.5 Å². The Morgan fingerprint density at radius 3 is 2.77 bits per heavy atom. The highest BCUT2D eigenvalue weighted by Gasteiger charge is 2.42. The van der Waals surface area contributed by atoms with Crippen molar-refractivity contribution in [3.05, 3.63) is 52.9 Å². The fourth-order valence-corrected chi connectivity index (χ4v) is 3.15. The predicted molar refractivity (Wildman–Crippen MR) is 85.0 cm³/mol. The molecule has 0 fully saturated rings. The average Bonchev–Trinajstić information content (AvgIpc) is 3.32. The number of amidine groups is 1. The first-order valence-corrected chi connectivity index (χ1v) is 7.63. The number of hydrogen-bond donors (Lipinski definition) is 1. The first kappa shape index (κ1) is 16.2. The molecule has 0 bridgehead atoms. The molecule has 0 amide bonds. The van der Waals surface area contributed by atoms with Gasteiger partial charge in [-0.15, -0.1) is 0 Å². The molecule has 1 N–H and O–H groups in total. The normalized spacial score (nSPS) is 22.0.